The molecule has 1 atom stereocenters. The topological polar surface area (TPSA) is 70.6 Å². The van der Waals surface area contributed by atoms with Gasteiger partial charge in [0.2, 0.25) is 11.8 Å². The first kappa shape index (κ1) is 22.7. The van der Waals surface area contributed by atoms with Gasteiger partial charge in [0.1, 0.15) is 11.0 Å². The maximum Gasteiger partial charge on any atom is 0.257 e. The molecule has 0 radical (unpaired) electrons. The van der Waals surface area contributed by atoms with E-state index in [4.69, 9.17) is 4.98 Å². The molecule has 3 amide bonds. The van der Waals surface area contributed by atoms with Gasteiger partial charge >= 0.3 is 0 Å². The summed E-state index contributed by atoms with van der Waals surface area (Å²) in [6, 6.07) is 13.0. The Morgan fingerprint density at radius 1 is 1.12 bits per heavy atom. The van der Waals surface area contributed by atoms with Crippen molar-refractivity contribution in [3.05, 3.63) is 48.0 Å². The number of hydrogen-bond donors (Lipinski definition) is 0. The molecule has 0 bridgehead atoms. The lowest BCUT2D eigenvalue weighted by Crippen LogP contribution is -2.50. The molecule has 2 heterocycles. The van der Waals surface area contributed by atoms with E-state index in [0.717, 1.165) is 52.9 Å². The Labute approximate surface area is 203 Å². The van der Waals surface area contributed by atoms with Gasteiger partial charge in [-0.1, -0.05) is 25.8 Å². The number of carbonyl (C=O) groups excluding carboxylic acids is 3. The number of rotatable bonds is 6. The Kier molecular flexibility index (Phi) is 6.21. The molecule has 1 aliphatic carbocycles. The van der Waals surface area contributed by atoms with Crippen LogP contribution in [0.2, 0.25) is 0 Å². The third kappa shape index (κ3) is 4.13. The van der Waals surface area contributed by atoms with Crippen molar-refractivity contribution in [2.45, 2.75) is 70.9 Å². The van der Waals surface area contributed by atoms with Crippen molar-refractivity contribution >= 4 is 45.0 Å². The molecule has 1 aliphatic heterocycles. The molecule has 176 valence electrons. The fourth-order valence-electron chi connectivity index (χ4n) is 5.17. The quantitative estimate of drug-likeness (QED) is 0.443. The van der Waals surface area contributed by atoms with Crippen LogP contribution in [-0.2, 0) is 14.4 Å². The van der Waals surface area contributed by atoms with E-state index in [-0.39, 0.29) is 30.2 Å². The lowest BCUT2D eigenvalue weighted by molar-refractivity contribution is -0.141. The lowest BCUT2D eigenvalue weighted by atomic mass is 10.1. The fraction of sp³-hybridized carbons (Fsp3) is 0.407. The molecular formula is C27H29N3O3S. The van der Waals surface area contributed by atoms with Crippen molar-refractivity contribution in [2.24, 2.45) is 0 Å². The van der Waals surface area contributed by atoms with Crippen LogP contribution in [0.1, 0.15) is 57.4 Å². The van der Waals surface area contributed by atoms with Crippen LogP contribution in [0.3, 0.4) is 0 Å². The predicted octanol–water partition coefficient (Wildman–Crippen LogP) is 5.47. The minimum atomic E-state index is -0.693. The van der Waals surface area contributed by atoms with Crippen LogP contribution in [0.5, 0.6) is 0 Å². The van der Waals surface area contributed by atoms with Crippen molar-refractivity contribution in [1.82, 2.24) is 9.88 Å². The Morgan fingerprint density at radius 2 is 1.85 bits per heavy atom. The third-order valence-electron chi connectivity index (χ3n) is 6.84. The van der Waals surface area contributed by atoms with Gasteiger partial charge in [0.05, 0.1) is 22.3 Å². The number of nitrogens with zero attached hydrogens (tertiary/aromatic N) is 3. The van der Waals surface area contributed by atoms with Crippen molar-refractivity contribution in [3.8, 4) is 10.6 Å². The summed E-state index contributed by atoms with van der Waals surface area (Å²) in [4.78, 5) is 47.1. The van der Waals surface area contributed by atoms with Crippen molar-refractivity contribution < 1.29 is 14.4 Å². The number of thiazole rings is 1. The molecular weight excluding hydrogens is 446 g/mol. The first-order valence-corrected chi connectivity index (χ1v) is 12.9. The summed E-state index contributed by atoms with van der Waals surface area (Å²) in [7, 11) is 0. The molecule has 2 aliphatic rings. The SMILES string of the molecule is CCCC(=O)N(C1CCCC1)C1CC(=O)N(c2ccc(-c3nc4ccc(C)cc4s3)cc2)C1=O. The van der Waals surface area contributed by atoms with Crippen LogP contribution < -0.4 is 4.90 Å². The van der Waals surface area contributed by atoms with Crippen molar-refractivity contribution in [2.75, 3.05) is 4.90 Å². The van der Waals surface area contributed by atoms with Gasteiger partial charge in [-0.15, -0.1) is 11.3 Å². The summed E-state index contributed by atoms with van der Waals surface area (Å²) in [5.74, 6) is -0.543. The molecule has 7 heteroatoms. The molecule has 2 aromatic carbocycles. The third-order valence-corrected chi connectivity index (χ3v) is 7.91. The van der Waals surface area contributed by atoms with E-state index in [1.54, 1.807) is 28.4 Å². The monoisotopic (exact) mass is 475 g/mol. The van der Waals surface area contributed by atoms with Crippen LogP contribution >= 0.6 is 11.3 Å². The van der Waals surface area contributed by atoms with Crippen LogP contribution in [0.25, 0.3) is 20.8 Å². The summed E-state index contributed by atoms with van der Waals surface area (Å²) in [6.45, 7) is 4.03. The smallest absolute Gasteiger partial charge is 0.257 e. The minimum Gasteiger partial charge on any atom is -0.327 e. The van der Waals surface area contributed by atoms with Crippen LogP contribution in [0.4, 0.5) is 5.69 Å². The largest absolute Gasteiger partial charge is 0.327 e. The molecule has 1 unspecified atom stereocenters. The molecule has 5 rings (SSSR count). The van der Waals surface area contributed by atoms with E-state index in [1.807, 2.05) is 25.1 Å². The molecule has 1 aromatic heterocycles. The number of carbonyl (C=O) groups is 3. The number of imide groups is 1. The van der Waals surface area contributed by atoms with Gasteiger partial charge in [-0.2, -0.15) is 0 Å². The van der Waals surface area contributed by atoms with Gasteiger partial charge in [0.15, 0.2) is 0 Å². The number of aromatic nitrogens is 1. The molecule has 34 heavy (non-hydrogen) atoms. The maximum atomic E-state index is 13.4. The number of aryl methyl sites for hydroxylation is 1. The Bertz CT molecular complexity index is 1240. The lowest BCUT2D eigenvalue weighted by Gasteiger charge is -2.33. The van der Waals surface area contributed by atoms with Gasteiger partial charge in [-0.3, -0.25) is 14.4 Å². The highest BCUT2D eigenvalue weighted by Crippen LogP contribution is 2.35. The Balaban J connectivity index is 1.39. The second-order valence-electron chi connectivity index (χ2n) is 9.31. The Hall–Kier alpha value is -3.06. The standard InChI is InChI=1S/C27H29N3O3S/c1-3-6-24(31)29(19-7-4-5-8-19)22-16-25(32)30(27(22)33)20-12-10-18(11-13-20)26-28-21-14-9-17(2)15-23(21)34-26/h9-15,19,22H,3-8,16H2,1-2H3. The zero-order chi connectivity index (χ0) is 23.8. The molecule has 3 aromatic rings. The van der Waals surface area contributed by atoms with Crippen molar-refractivity contribution in [1.29, 1.82) is 0 Å². The van der Waals surface area contributed by atoms with E-state index in [0.29, 0.717) is 12.1 Å². The minimum absolute atomic E-state index is 0.0104. The first-order chi connectivity index (χ1) is 16.5. The first-order valence-electron chi connectivity index (χ1n) is 12.1. The summed E-state index contributed by atoms with van der Waals surface area (Å²) in [5, 5.41) is 0.904. The van der Waals surface area contributed by atoms with E-state index in [1.165, 1.54) is 10.5 Å². The molecule has 1 saturated heterocycles. The van der Waals surface area contributed by atoms with E-state index >= 15 is 0 Å². The van der Waals surface area contributed by atoms with Gasteiger partial charge in [0.25, 0.3) is 5.91 Å². The van der Waals surface area contributed by atoms with Gasteiger partial charge < -0.3 is 4.90 Å². The number of hydrogen-bond acceptors (Lipinski definition) is 5. The average molecular weight is 476 g/mol. The number of anilines is 1. The zero-order valence-electron chi connectivity index (χ0n) is 19.6. The summed E-state index contributed by atoms with van der Waals surface area (Å²) < 4.78 is 1.13. The Morgan fingerprint density at radius 3 is 2.56 bits per heavy atom. The van der Waals surface area contributed by atoms with E-state index < -0.39 is 6.04 Å². The highest BCUT2D eigenvalue weighted by molar-refractivity contribution is 7.21. The number of amides is 3. The van der Waals surface area contributed by atoms with E-state index in [9.17, 15) is 14.4 Å². The van der Waals surface area contributed by atoms with Gasteiger partial charge in [0, 0.05) is 18.0 Å². The summed E-state index contributed by atoms with van der Waals surface area (Å²) in [5.41, 5.74) is 3.66. The highest BCUT2D eigenvalue weighted by Gasteiger charge is 2.46. The van der Waals surface area contributed by atoms with Crippen LogP contribution in [0.15, 0.2) is 42.5 Å². The molecule has 2 fully saturated rings. The second kappa shape index (κ2) is 9.29. The molecule has 1 saturated carbocycles. The van der Waals surface area contributed by atoms with Crippen LogP contribution in [0, 0.1) is 6.92 Å². The highest BCUT2D eigenvalue weighted by atomic mass is 32.1. The predicted molar refractivity (Wildman–Crippen MR) is 135 cm³/mol. The van der Waals surface area contributed by atoms with Crippen molar-refractivity contribution in [3.63, 3.8) is 0 Å². The molecule has 0 N–H and O–H groups in total. The summed E-state index contributed by atoms with van der Waals surface area (Å²) in [6.07, 6.45) is 5.13. The second-order valence-corrected chi connectivity index (χ2v) is 10.3. The average Bonchev–Trinajstić information content (AvgIpc) is 3.54. The van der Waals surface area contributed by atoms with Gasteiger partial charge in [-0.05, 0) is 68.1 Å². The number of fused-ring (bicyclic) bond motifs is 1. The van der Waals surface area contributed by atoms with Crippen LogP contribution in [-0.4, -0.2) is 39.7 Å². The molecule has 6 nitrogen and oxygen atoms in total. The molecule has 0 spiro atoms. The van der Waals surface area contributed by atoms with Gasteiger partial charge in [-0.25, -0.2) is 9.88 Å². The summed E-state index contributed by atoms with van der Waals surface area (Å²) >= 11 is 1.63. The maximum absolute atomic E-state index is 13.4. The normalized spacial score (nSPS) is 18.9. The fourth-order valence-corrected chi connectivity index (χ4v) is 6.24. The number of benzene rings is 2. The zero-order valence-corrected chi connectivity index (χ0v) is 20.4. The van der Waals surface area contributed by atoms with E-state index in [2.05, 4.69) is 19.1 Å².